The standard InChI is InChI=1S/C13H16N2O3S/c1-7-10(15-13(14)19-7)8-5-6-9(16-2)12(18-4)11(8)17-3/h5-6H,1-4H3,(H2,14,15). The lowest BCUT2D eigenvalue weighted by Crippen LogP contribution is -1.97. The van der Waals surface area contributed by atoms with Gasteiger partial charge in [-0.05, 0) is 19.1 Å². The molecule has 102 valence electrons. The molecule has 0 bridgehead atoms. The van der Waals surface area contributed by atoms with Crippen LogP contribution in [0.5, 0.6) is 17.2 Å². The van der Waals surface area contributed by atoms with Crippen LogP contribution in [-0.4, -0.2) is 26.3 Å². The molecule has 2 aromatic rings. The summed E-state index contributed by atoms with van der Waals surface area (Å²) in [5.74, 6) is 1.76. The Morgan fingerprint density at radius 2 is 1.74 bits per heavy atom. The molecule has 0 unspecified atom stereocenters. The molecule has 0 aliphatic rings. The zero-order valence-electron chi connectivity index (χ0n) is 11.3. The summed E-state index contributed by atoms with van der Waals surface area (Å²) < 4.78 is 16.1. The lowest BCUT2D eigenvalue weighted by molar-refractivity contribution is 0.325. The molecule has 2 N–H and O–H groups in total. The molecule has 0 atom stereocenters. The first-order chi connectivity index (χ1) is 9.12. The largest absolute Gasteiger partial charge is 0.493 e. The third-order valence-electron chi connectivity index (χ3n) is 2.77. The zero-order chi connectivity index (χ0) is 14.0. The average molecular weight is 280 g/mol. The Morgan fingerprint density at radius 1 is 1.05 bits per heavy atom. The molecule has 0 amide bonds. The summed E-state index contributed by atoms with van der Waals surface area (Å²) >= 11 is 1.45. The predicted octanol–water partition coefficient (Wildman–Crippen LogP) is 2.73. The zero-order valence-corrected chi connectivity index (χ0v) is 12.1. The Hall–Kier alpha value is -1.95. The summed E-state index contributed by atoms with van der Waals surface area (Å²) in [5.41, 5.74) is 7.39. The number of thiazole rings is 1. The van der Waals surface area contributed by atoms with Gasteiger partial charge in [0.1, 0.15) is 0 Å². The lowest BCUT2D eigenvalue weighted by Gasteiger charge is -2.15. The highest BCUT2D eigenvalue weighted by Crippen LogP contribution is 2.45. The summed E-state index contributed by atoms with van der Waals surface area (Å²) in [7, 11) is 4.75. The van der Waals surface area contributed by atoms with Crippen LogP contribution < -0.4 is 19.9 Å². The van der Waals surface area contributed by atoms with E-state index in [-0.39, 0.29) is 0 Å². The van der Waals surface area contributed by atoms with Gasteiger partial charge in [0.05, 0.1) is 27.0 Å². The number of nitrogens with two attached hydrogens (primary N) is 1. The summed E-state index contributed by atoms with van der Waals surface area (Å²) in [6.07, 6.45) is 0. The van der Waals surface area contributed by atoms with Gasteiger partial charge in [0.25, 0.3) is 0 Å². The number of nitrogens with zero attached hydrogens (tertiary/aromatic N) is 1. The maximum absolute atomic E-state index is 5.75. The number of hydrogen-bond acceptors (Lipinski definition) is 6. The molecule has 0 saturated heterocycles. The minimum Gasteiger partial charge on any atom is -0.493 e. The van der Waals surface area contributed by atoms with Gasteiger partial charge in [0.2, 0.25) is 5.75 Å². The van der Waals surface area contributed by atoms with Gasteiger partial charge < -0.3 is 19.9 Å². The normalized spacial score (nSPS) is 10.3. The van der Waals surface area contributed by atoms with E-state index in [0.717, 1.165) is 16.1 Å². The lowest BCUT2D eigenvalue weighted by atomic mass is 10.1. The average Bonchev–Trinajstić information content (AvgIpc) is 2.75. The van der Waals surface area contributed by atoms with Gasteiger partial charge in [-0.1, -0.05) is 0 Å². The van der Waals surface area contributed by atoms with Crippen LogP contribution in [0.15, 0.2) is 12.1 Å². The Kier molecular flexibility index (Phi) is 3.80. The van der Waals surface area contributed by atoms with Gasteiger partial charge >= 0.3 is 0 Å². The van der Waals surface area contributed by atoms with Gasteiger partial charge in [-0.3, -0.25) is 0 Å². The Morgan fingerprint density at radius 3 is 2.21 bits per heavy atom. The van der Waals surface area contributed by atoms with E-state index in [9.17, 15) is 0 Å². The number of benzene rings is 1. The number of ether oxygens (including phenoxy) is 3. The van der Waals surface area contributed by atoms with Crippen LogP contribution in [0.2, 0.25) is 0 Å². The number of hydrogen-bond donors (Lipinski definition) is 1. The van der Waals surface area contributed by atoms with Gasteiger partial charge in [0.15, 0.2) is 16.6 Å². The van der Waals surface area contributed by atoms with Gasteiger partial charge in [-0.25, -0.2) is 4.98 Å². The number of nitrogen functional groups attached to an aromatic ring is 1. The van der Waals surface area contributed by atoms with Gasteiger partial charge in [0, 0.05) is 10.4 Å². The molecule has 0 radical (unpaired) electrons. The second-order valence-electron chi connectivity index (χ2n) is 3.84. The third kappa shape index (κ3) is 2.31. The summed E-state index contributed by atoms with van der Waals surface area (Å²) in [5, 5.41) is 0.532. The van der Waals surface area contributed by atoms with Crippen molar-refractivity contribution in [2.75, 3.05) is 27.1 Å². The minimum atomic E-state index is 0.532. The first kappa shape index (κ1) is 13.5. The molecule has 1 aromatic carbocycles. The minimum absolute atomic E-state index is 0.532. The molecule has 5 nitrogen and oxygen atoms in total. The quantitative estimate of drug-likeness (QED) is 0.932. The number of aryl methyl sites for hydroxylation is 1. The van der Waals surface area contributed by atoms with Crippen molar-refractivity contribution in [3.05, 3.63) is 17.0 Å². The van der Waals surface area contributed by atoms with Gasteiger partial charge in [-0.2, -0.15) is 0 Å². The van der Waals surface area contributed by atoms with Crippen LogP contribution in [0.3, 0.4) is 0 Å². The second kappa shape index (κ2) is 5.36. The summed E-state index contributed by atoms with van der Waals surface area (Å²) in [4.78, 5) is 5.37. The van der Waals surface area contributed by atoms with E-state index in [1.165, 1.54) is 11.3 Å². The van der Waals surface area contributed by atoms with E-state index in [0.29, 0.717) is 22.4 Å². The van der Waals surface area contributed by atoms with Crippen LogP contribution in [-0.2, 0) is 0 Å². The van der Waals surface area contributed by atoms with Crippen LogP contribution in [0.25, 0.3) is 11.3 Å². The van der Waals surface area contributed by atoms with Crippen molar-refractivity contribution < 1.29 is 14.2 Å². The maximum atomic E-state index is 5.75. The highest BCUT2D eigenvalue weighted by atomic mass is 32.1. The molecule has 0 fully saturated rings. The van der Waals surface area contributed by atoms with Crippen molar-refractivity contribution in [3.63, 3.8) is 0 Å². The molecule has 0 aliphatic carbocycles. The Balaban J connectivity index is 2.67. The molecular formula is C13H16N2O3S. The van der Waals surface area contributed by atoms with Crippen LogP contribution in [0.1, 0.15) is 4.88 Å². The number of aromatic nitrogens is 1. The van der Waals surface area contributed by atoms with Crippen LogP contribution in [0.4, 0.5) is 5.13 Å². The van der Waals surface area contributed by atoms with Crippen LogP contribution in [0, 0.1) is 6.92 Å². The molecule has 1 aromatic heterocycles. The fourth-order valence-corrected chi connectivity index (χ4v) is 2.66. The Labute approximate surface area is 115 Å². The highest BCUT2D eigenvalue weighted by molar-refractivity contribution is 7.15. The molecule has 1 heterocycles. The molecule has 6 heteroatoms. The first-order valence-electron chi connectivity index (χ1n) is 5.64. The van der Waals surface area contributed by atoms with Crippen molar-refractivity contribution in [2.24, 2.45) is 0 Å². The van der Waals surface area contributed by atoms with E-state index in [2.05, 4.69) is 4.98 Å². The first-order valence-corrected chi connectivity index (χ1v) is 6.46. The molecule has 0 saturated carbocycles. The predicted molar refractivity (Wildman–Crippen MR) is 76.4 cm³/mol. The van der Waals surface area contributed by atoms with E-state index in [1.54, 1.807) is 21.3 Å². The van der Waals surface area contributed by atoms with E-state index >= 15 is 0 Å². The molecular weight excluding hydrogens is 264 g/mol. The SMILES string of the molecule is COc1ccc(-c2nc(N)sc2C)c(OC)c1OC. The molecule has 0 aliphatic heterocycles. The van der Waals surface area contributed by atoms with Crippen molar-refractivity contribution in [3.8, 4) is 28.5 Å². The van der Waals surface area contributed by atoms with E-state index in [1.807, 2.05) is 19.1 Å². The molecule has 0 spiro atoms. The second-order valence-corrected chi connectivity index (χ2v) is 5.07. The third-order valence-corrected chi connectivity index (χ3v) is 3.57. The Bertz CT molecular complexity index is 596. The van der Waals surface area contributed by atoms with Crippen molar-refractivity contribution >= 4 is 16.5 Å². The topological polar surface area (TPSA) is 66.6 Å². The van der Waals surface area contributed by atoms with E-state index in [4.69, 9.17) is 19.9 Å². The fraction of sp³-hybridized carbons (Fsp3) is 0.308. The van der Waals surface area contributed by atoms with Crippen LogP contribution >= 0.6 is 11.3 Å². The fourth-order valence-electron chi connectivity index (χ4n) is 1.95. The van der Waals surface area contributed by atoms with Crippen molar-refractivity contribution in [2.45, 2.75) is 6.92 Å². The number of rotatable bonds is 4. The molecule has 19 heavy (non-hydrogen) atoms. The smallest absolute Gasteiger partial charge is 0.203 e. The van der Waals surface area contributed by atoms with Crippen molar-refractivity contribution in [1.82, 2.24) is 4.98 Å². The summed E-state index contributed by atoms with van der Waals surface area (Å²) in [6, 6.07) is 3.72. The summed E-state index contributed by atoms with van der Waals surface area (Å²) in [6.45, 7) is 1.97. The molecule has 2 rings (SSSR count). The maximum Gasteiger partial charge on any atom is 0.203 e. The number of methoxy groups -OCH3 is 3. The van der Waals surface area contributed by atoms with Crippen molar-refractivity contribution in [1.29, 1.82) is 0 Å². The highest BCUT2D eigenvalue weighted by Gasteiger charge is 2.20. The van der Waals surface area contributed by atoms with Gasteiger partial charge in [-0.15, -0.1) is 11.3 Å². The van der Waals surface area contributed by atoms with E-state index < -0.39 is 0 Å². The number of anilines is 1. The monoisotopic (exact) mass is 280 g/mol.